The molecule has 0 saturated heterocycles. The van der Waals surface area contributed by atoms with Gasteiger partial charge in [0.1, 0.15) is 24.3 Å². The maximum atomic E-state index is 12.2. The molecule has 8 heteroatoms. The highest BCUT2D eigenvalue weighted by Gasteiger charge is 2.17. The van der Waals surface area contributed by atoms with Crippen molar-refractivity contribution in [2.75, 3.05) is 6.54 Å². The van der Waals surface area contributed by atoms with Crippen molar-refractivity contribution < 1.29 is 4.79 Å². The zero-order valence-electron chi connectivity index (χ0n) is 13.1. The van der Waals surface area contributed by atoms with Gasteiger partial charge in [-0.15, -0.1) is 10.2 Å². The van der Waals surface area contributed by atoms with Crippen LogP contribution in [-0.2, 0) is 19.4 Å². The number of rotatable bonds is 5. The fourth-order valence-corrected chi connectivity index (χ4v) is 2.89. The third-order valence-electron chi connectivity index (χ3n) is 4.13. The summed E-state index contributed by atoms with van der Waals surface area (Å²) in [5.41, 5.74) is 1.48. The molecule has 1 amide bonds. The highest BCUT2D eigenvalue weighted by atomic mass is 16.1. The van der Waals surface area contributed by atoms with Gasteiger partial charge in [0.2, 0.25) is 0 Å². The summed E-state index contributed by atoms with van der Waals surface area (Å²) < 4.78 is 3.80. The van der Waals surface area contributed by atoms with Crippen LogP contribution in [0.2, 0.25) is 0 Å². The number of amides is 1. The lowest BCUT2D eigenvalue weighted by atomic mass is 10.2. The van der Waals surface area contributed by atoms with Gasteiger partial charge < -0.3 is 9.88 Å². The van der Waals surface area contributed by atoms with Gasteiger partial charge in [0.25, 0.3) is 5.91 Å². The molecule has 1 aromatic carbocycles. The normalized spacial score (nSPS) is 13.0. The first-order chi connectivity index (χ1) is 11.8. The molecule has 1 aliphatic heterocycles. The van der Waals surface area contributed by atoms with Crippen LogP contribution < -0.4 is 5.32 Å². The van der Waals surface area contributed by atoms with Crippen molar-refractivity contribution in [1.29, 1.82) is 0 Å². The topological polar surface area (TPSA) is 90.5 Å². The molecule has 0 fully saturated rings. The number of carbonyl (C=O) groups is 1. The summed E-state index contributed by atoms with van der Waals surface area (Å²) in [6.07, 6.45) is 5.91. The van der Waals surface area contributed by atoms with Crippen LogP contribution in [0.3, 0.4) is 0 Å². The molecule has 0 bridgehead atoms. The number of nitrogens with zero attached hydrogens (tertiary/aromatic N) is 6. The Morgan fingerprint density at radius 2 is 2.08 bits per heavy atom. The monoisotopic (exact) mass is 323 g/mol. The smallest absolute Gasteiger partial charge is 0.251 e. The molecule has 3 aromatic rings. The lowest BCUT2D eigenvalue weighted by Crippen LogP contribution is -2.26. The third-order valence-corrected chi connectivity index (χ3v) is 4.13. The number of aryl methyl sites for hydroxylation is 1. The van der Waals surface area contributed by atoms with E-state index in [0.717, 1.165) is 36.7 Å². The number of carbonyl (C=O) groups excluding carboxylic acids is 1. The van der Waals surface area contributed by atoms with Gasteiger partial charge in [-0.05, 0) is 30.7 Å². The van der Waals surface area contributed by atoms with Gasteiger partial charge in [0.15, 0.2) is 0 Å². The van der Waals surface area contributed by atoms with E-state index in [1.165, 1.54) is 6.33 Å². The van der Waals surface area contributed by atoms with Crippen molar-refractivity contribution in [3.63, 3.8) is 0 Å². The molecular weight excluding hydrogens is 306 g/mol. The number of hydrogen-bond donors (Lipinski definition) is 1. The van der Waals surface area contributed by atoms with Gasteiger partial charge >= 0.3 is 0 Å². The standard InChI is InChI=1S/C16H17N7O/c24-16(12-3-5-13(6-4-12)23-11-17-10-19-23)18-8-7-15-21-20-14-2-1-9-22(14)15/h3-6,10-11H,1-2,7-9H2,(H,18,24). The second kappa shape index (κ2) is 6.23. The van der Waals surface area contributed by atoms with E-state index >= 15 is 0 Å². The highest BCUT2D eigenvalue weighted by Crippen LogP contribution is 2.14. The van der Waals surface area contributed by atoms with Gasteiger partial charge in [-0.2, -0.15) is 5.10 Å². The zero-order valence-corrected chi connectivity index (χ0v) is 13.1. The van der Waals surface area contributed by atoms with Crippen LogP contribution in [0.1, 0.15) is 28.4 Å². The van der Waals surface area contributed by atoms with Gasteiger partial charge in [-0.3, -0.25) is 4.79 Å². The van der Waals surface area contributed by atoms with Crippen LogP contribution in [0, 0.1) is 0 Å². The van der Waals surface area contributed by atoms with Crippen LogP contribution in [-0.4, -0.2) is 42.0 Å². The van der Waals surface area contributed by atoms with Crippen molar-refractivity contribution in [3.05, 3.63) is 54.1 Å². The van der Waals surface area contributed by atoms with E-state index in [9.17, 15) is 4.79 Å². The van der Waals surface area contributed by atoms with Crippen molar-refractivity contribution in [2.24, 2.45) is 0 Å². The summed E-state index contributed by atoms with van der Waals surface area (Å²) in [7, 11) is 0. The second-order valence-corrected chi connectivity index (χ2v) is 5.68. The van der Waals surface area contributed by atoms with Crippen LogP contribution in [0.15, 0.2) is 36.9 Å². The largest absolute Gasteiger partial charge is 0.352 e. The molecule has 1 N–H and O–H groups in total. The number of aromatic nitrogens is 6. The summed E-state index contributed by atoms with van der Waals surface area (Å²) in [6.45, 7) is 1.52. The number of benzene rings is 1. The zero-order chi connectivity index (χ0) is 16.4. The Hall–Kier alpha value is -3.03. The fourth-order valence-electron chi connectivity index (χ4n) is 2.89. The first-order valence-corrected chi connectivity index (χ1v) is 7.95. The fraction of sp³-hybridized carbons (Fsp3) is 0.312. The molecule has 4 rings (SSSR count). The first kappa shape index (κ1) is 14.6. The summed E-state index contributed by atoms with van der Waals surface area (Å²) in [5, 5.41) is 15.4. The maximum absolute atomic E-state index is 12.2. The average Bonchev–Trinajstić information content (AvgIpc) is 3.34. The van der Waals surface area contributed by atoms with Crippen molar-refractivity contribution in [2.45, 2.75) is 25.8 Å². The number of fused-ring (bicyclic) bond motifs is 1. The number of nitrogens with one attached hydrogen (secondary N) is 1. The van der Waals surface area contributed by atoms with Crippen LogP contribution in [0.25, 0.3) is 5.69 Å². The predicted octanol–water partition coefficient (Wildman–Crippen LogP) is 0.777. The lowest BCUT2D eigenvalue weighted by Gasteiger charge is -2.07. The molecule has 122 valence electrons. The van der Waals surface area contributed by atoms with E-state index in [-0.39, 0.29) is 5.91 Å². The molecule has 0 unspecified atom stereocenters. The summed E-state index contributed by atoms with van der Waals surface area (Å²) in [6, 6.07) is 7.24. The highest BCUT2D eigenvalue weighted by molar-refractivity contribution is 5.94. The Labute approximate surface area is 138 Å². The van der Waals surface area contributed by atoms with E-state index < -0.39 is 0 Å². The predicted molar refractivity (Wildman–Crippen MR) is 85.7 cm³/mol. The molecule has 0 atom stereocenters. The molecule has 2 aromatic heterocycles. The molecule has 24 heavy (non-hydrogen) atoms. The average molecular weight is 323 g/mol. The molecule has 0 radical (unpaired) electrons. The van der Waals surface area contributed by atoms with Crippen molar-refractivity contribution >= 4 is 5.91 Å². The minimum absolute atomic E-state index is 0.0960. The summed E-state index contributed by atoms with van der Waals surface area (Å²) >= 11 is 0. The lowest BCUT2D eigenvalue weighted by molar-refractivity contribution is 0.0954. The van der Waals surface area contributed by atoms with E-state index in [1.807, 2.05) is 12.1 Å². The molecule has 1 aliphatic rings. The Kier molecular flexibility index (Phi) is 3.78. The van der Waals surface area contributed by atoms with Gasteiger partial charge in [0, 0.05) is 31.5 Å². The summed E-state index contributed by atoms with van der Waals surface area (Å²) in [4.78, 5) is 16.1. The SMILES string of the molecule is O=C(NCCc1nnc2n1CCC2)c1ccc(-n2cncn2)cc1. The minimum atomic E-state index is -0.0960. The van der Waals surface area contributed by atoms with E-state index in [2.05, 4.69) is 30.2 Å². The Morgan fingerprint density at radius 1 is 1.21 bits per heavy atom. The molecule has 0 saturated carbocycles. The van der Waals surface area contributed by atoms with Crippen LogP contribution >= 0.6 is 0 Å². The number of hydrogen-bond acceptors (Lipinski definition) is 5. The molecule has 8 nitrogen and oxygen atoms in total. The van der Waals surface area contributed by atoms with Crippen LogP contribution in [0.5, 0.6) is 0 Å². The van der Waals surface area contributed by atoms with Gasteiger partial charge in [0.05, 0.1) is 5.69 Å². The van der Waals surface area contributed by atoms with Crippen LogP contribution in [0.4, 0.5) is 0 Å². The molecule has 0 spiro atoms. The van der Waals surface area contributed by atoms with Gasteiger partial charge in [-0.1, -0.05) is 0 Å². The van der Waals surface area contributed by atoms with E-state index in [4.69, 9.17) is 0 Å². The quantitative estimate of drug-likeness (QED) is 0.749. The Balaban J connectivity index is 1.34. The third kappa shape index (κ3) is 2.78. The molecule has 3 heterocycles. The second-order valence-electron chi connectivity index (χ2n) is 5.68. The van der Waals surface area contributed by atoms with Crippen molar-refractivity contribution in [3.8, 4) is 5.69 Å². The minimum Gasteiger partial charge on any atom is -0.352 e. The molecular formula is C16H17N7O. The Morgan fingerprint density at radius 3 is 2.88 bits per heavy atom. The maximum Gasteiger partial charge on any atom is 0.251 e. The Bertz CT molecular complexity index is 836. The van der Waals surface area contributed by atoms with Crippen molar-refractivity contribution in [1.82, 2.24) is 34.8 Å². The first-order valence-electron chi connectivity index (χ1n) is 7.95. The molecule has 0 aliphatic carbocycles. The van der Waals surface area contributed by atoms with E-state index in [0.29, 0.717) is 18.5 Å². The van der Waals surface area contributed by atoms with Gasteiger partial charge in [-0.25, -0.2) is 9.67 Å². The summed E-state index contributed by atoms with van der Waals surface area (Å²) in [5.74, 6) is 1.91. The van der Waals surface area contributed by atoms with E-state index in [1.54, 1.807) is 23.1 Å².